The maximum Gasteiger partial charge on any atom is 0.0792 e. The van der Waals surface area contributed by atoms with E-state index in [1.165, 1.54) is 37.7 Å². The van der Waals surface area contributed by atoms with E-state index in [0.717, 1.165) is 17.9 Å². The summed E-state index contributed by atoms with van der Waals surface area (Å²) >= 11 is 0. The second-order valence-electron chi connectivity index (χ2n) is 8.02. The van der Waals surface area contributed by atoms with Gasteiger partial charge in [-0.15, -0.1) is 0 Å². The molecule has 1 heteroatoms. The van der Waals surface area contributed by atoms with E-state index < -0.39 is 0 Å². The average Bonchev–Trinajstić information content (AvgIpc) is 2.47. The molecule has 2 rings (SSSR count). The Morgan fingerprint density at radius 2 is 1.62 bits per heavy atom. The molecule has 0 aromatic heterocycles. The van der Waals surface area contributed by atoms with Gasteiger partial charge in [-0.25, -0.2) is 0 Å². The van der Waals surface area contributed by atoms with E-state index in [0.29, 0.717) is 5.92 Å². The summed E-state index contributed by atoms with van der Waals surface area (Å²) in [6.45, 7) is 8.98. The molecule has 118 valence electrons. The molecule has 1 aromatic carbocycles. The van der Waals surface area contributed by atoms with Crippen molar-refractivity contribution in [3.8, 4) is 0 Å². The van der Waals surface area contributed by atoms with Crippen molar-refractivity contribution in [1.82, 2.24) is 0 Å². The number of hydrogen-bond acceptors (Lipinski definition) is 1. The maximum absolute atomic E-state index is 10.5. The minimum atomic E-state index is -0.334. The number of hydrogen-bond donors (Lipinski definition) is 1. The topological polar surface area (TPSA) is 20.2 Å². The lowest BCUT2D eigenvalue weighted by Crippen LogP contribution is -2.19. The van der Waals surface area contributed by atoms with Gasteiger partial charge in [0.25, 0.3) is 0 Å². The van der Waals surface area contributed by atoms with Crippen LogP contribution in [0.2, 0.25) is 0 Å². The predicted molar refractivity (Wildman–Crippen MR) is 90.5 cm³/mol. The zero-order valence-electron chi connectivity index (χ0n) is 14.2. The third-order valence-corrected chi connectivity index (χ3v) is 5.45. The Morgan fingerprint density at radius 1 is 1.05 bits per heavy atom. The van der Waals surface area contributed by atoms with Crippen LogP contribution in [0.15, 0.2) is 24.3 Å². The fraction of sp³-hybridized carbons (Fsp3) is 0.700. The van der Waals surface area contributed by atoms with Crippen molar-refractivity contribution in [3.63, 3.8) is 0 Å². The summed E-state index contributed by atoms with van der Waals surface area (Å²) in [5, 5.41) is 10.5. The van der Waals surface area contributed by atoms with Gasteiger partial charge in [0, 0.05) is 0 Å². The van der Waals surface area contributed by atoms with E-state index in [4.69, 9.17) is 0 Å². The fourth-order valence-corrected chi connectivity index (χ4v) is 3.25. The molecule has 0 radical (unpaired) electrons. The Balaban J connectivity index is 1.97. The van der Waals surface area contributed by atoms with Gasteiger partial charge in [0.1, 0.15) is 0 Å². The van der Waals surface area contributed by atoms with Crippen LogP contribution in [0.5, 0.6) is 0 Å². The highest BCUT2D eigenvalue weighted by Crippen LogP contribution is 2.35. The lowest BCUT2D eigenvalue weighted by atomic mass is 9.78. The summed E-state index contributed by atoms with van der Waals surface area (Å²) in [4.78, 5) is 0. The van der Waals surface area contributed by atoms with Gasteiger partial charge in [-0.05, 0) is 47.6 Å². The van der Waals surface area contributed by atoms with Crippen LogP contribution >= 0.6 is 0 Å². The Kier molecular flexibility index (Phi) is 5.48. The molecule has 0 spiro atoms. The summed E-state index contributed by atoms with van der Waals surface area (Å²) in [6, 6.07) is 8.78. The molecule has 1 fully saturated rings. The van der Waals surface area contributed by atoms with E-state index in [-0.39, 0.29) is 11.5 Å². The second kappa shape index (κ2) is 6.96. The van der Waals surface area contributed by atoms with E-state index in [9.17, 15) is 5.11 Å². The highest BCUT2D eigenvalue weighted by molar-refractivity contribution is 5.27. The van der Waals surface area contributed by atoms with Gasteiger partial charge in [-0.3, -0.25) is 0 Å². The van der Waals surface area contributed by atoms with Gasteiger partial charge in [0.2, 0.25) is 0 Å². The quantitative estimate of drug-likeness (QED) is 0.738. The first-order valence-electron chi connectivity index (χ1n) is 8.66. The predicted octanol–water partition coefficient (Wildman–Crippen LogP) is 5.84. The van der Waals surface area contributed by atoms with Crippen LogP contribution in [-0.2, 0) is 0 Å². The molecule has 1 aliphatic carbocycles. The third kappa shape index (κ3) is 4.57. The molecule has 1 nitrogen and oxygen atoms in total. The summed E-state index contributed by atoms with van der Waals surface area (Å²) in [7, 11) is 0. The largest absolute Gasteiger partial charge is 0.388 e. The zero-order chi connectivity index (χ0) is 15.5. The van der Waals surface area contributed by atoms with E-state index in [1.807, 2.05) is 0 Å². The van der Waals surface area contributed by atoms with Crippen molar-refractivity contribution in [3.05, 3.63) is 35.4 Å². The highest BCUT2D eigenvalue weighted by Gasteiger charge is 2.23. The molecule has 0 aliphatic heterocycles. The Morgan fingerprint density at radius 3 is 2.14 bits per heavy atom. The fourth-order valence-electron chi connectivity index (χ4n) is 3.25. The molecule has 0 saturated heterocycles. The highest BCUT2D eigenvalue weighted by atomic mass is 16.3. The van der Waals surface area contributed by atoms with Crippen molar-refractivity contribution >= 4 is 0 Å². The van der Waals surface area contributed by atoms with Crippen molar-refractivity contribution in [1.29, 1.82) is 0 Å². The minimum Gasteiger partial charge on any atom is -0.388 e. The van der Waals surface area contributed by atoms with Gasteiger partial charge in [-0.1, -0.05) is 71.2 Å². The van der Waals surface area contributed by atoms with Crippen molar-refractivity contribution in [2.45, 2.75) is 78.2 Å². The van der Waals surface area contributed by atoms with Crippen LogP contribution < -0.4 is 0 Å². The van der Waals surface area contributed by atoms with Gasteiger partial charge >= 0.3 is 0 Å². The third-order valence-electron chi connectivity index (χ3n) is 5.45. The first kappa shape index (κ1) is 16.5. The molecule has 1 N–H and O–H groups in total. The SMILES string of the molecule is CC(CC(O)c1ccc(C2CCCCC2)cc1)C(C)(C)C. The number of aliphatic hydroxyl groups excluding tert-OH is 1. The van der Waals surface area contributed by atoms with Crippen LogP contribution in [-0.4, -0.2) is 5.11 Å². The first-order valence-corrected chi connectivity index (χ1v) is 8.66. The molecular formula is C20H32O. The Labute approximate surface area is 130 Å². The van der Waals surface area contributed by atoms with Gasteiger partial charge in [0.05, 0.1) is 6.10 Å². The van der Waals surface area contributed by atoms with Crippen molar-refractivity contribution in [2.24, 2.45) is 11.3 Å². The first-order chi connectivity index (χ1) is 9.88. The summed E-state index contributed by atoms with van der Waals surface area (Å²) in [6.07, 6.45) is 7.33. The minimum absolute atomic E-state index is 0.253. The Bertz CT molecular complexity index is 420. The van der Waals surface area contributed by atoms with Crippen molar-refractivity contribution in [2.75, 3.05) is 0 Å². The van der Waals surface area contributed by atoms with E-state index >= 15 is 0 Å². The van der Waals surface area contributed by atoms with Crippen LogP contribution in [0.25, 0.3) is 0 Å². The summed E-state index contributed by atoms with van der Waals surface area (Å²) < 4.78 is 0. The van der Waals surface area contributed by atoms with Crippen LogP contribution in [0.4, 0.5) is 0 Å². The van der Waals surface area contributed by atoms with Crippen LogP contribution in [0, 0.1) is 11.3 Å². The standard InChI is InChI=1S/C20H32O/c1-15(20(2,3)4)14-19(21)18-12-10-17(11-13-18)16-8-6-5-7-9-16/h10-13,15-16,19,21H,5-9,14H2,1-4H3. The monoisotopic (exact) mass is 288 g/mol. The van der Waals surface area contributed by atoms with E-state index in [2.05, 4.69) is 52.0 Å². The molecule has 0 amide bonds. The maximum atomic E-state index is 10.5. The smallest absolute Gasteiger partial charge is 0.0792 e. The van der Waals surface area contributed by atoms with Gasteiger partial charge in [-0.2, -0.15) is 0 Å². The number of benzene rings is 1. The lowest BCUT2D eigenvalue weighted by Gasteiger charge is -2.29. The number of rotatable bonds is 4. The second-order valence-corrected chi connectivity index (χ2v) is 8.02. The van der Waals surface area contributed by atoms with Gasteiger partial charge < -0.3 is 5.11 Å². The zero-order valence-corrected chi connectivity index (χ0v) is 14.2. The molecule has 1 aliphatic rings. The molecule has 0 bridgehead atoms. The molecule has 2 atom stereocenters. The van der Waals surface area contributed by atoms with Crippen LogP contribution in [0.1, 0.15) is 89.4 Å². The average molecular weight is 288 g/mol. The number of aliphatic hydroxyl groups is 1. The van der Waals surface area contributed by atoms with Crippen molar-refractivity contribution < 1.29 is 5.11 Å². The molecular weight excluding hydrogens is 256 g/mol. The summed E-state index contributed by atoms with van der Waals surface area (Å²) in [5.74, 6) is 1.25. The molecule has 21 heavy (non-hydrogen) atoms. The molecule has 0 heterocycles. The summed E-state index contributed by atoms with van der Waals surface area (Å²) in [5.41, 5.74) is 2.79. The van der Waals surface area contributed by atoms with Crippen LogP contribution in [0.3, 0.4) is 0 Å². The van der Waals surface area contributed by atoms with E-state index in [1.54, 1.807) is 0 Å². The molecule has 1 saturated carbocycles. The molecule has 1 aromatic rings. The normalized spacial score (nSPS) is 20.2. The lowest BCUT2D eigenvalue weighted by molar-refractivity contribution is 0.111. The Hall–Kier alpha value is -0.820. The van der Waals surface area contributed by atoms with Gasteiger partial charge in [0.15, 0.2) is 0 Å². The molecule has 2 unspecified atom stereocenters.